The first kappa shape index (κ1) is 23.4. The summed E-state index contributed by atoms with van der Waals surface area (Å²) in [4.78, 5) is 0. The van der Waals surface area contributed by atoms with Crippen molar-refractivity contribution in [2.75, 3.05) is 0 Å². The highest BCUT2D eigenvalue weighted by molar-refractivity contribution is 5.52. The van der Waals surface area contributed by atoms with E-state index >= 15 is 0 Å². The molecule has 1 rings (SSSR count). The Morgan fingerprint density at radius 3 is 1.26 bits per heavy atom. The van der Waals surface area contributed by atoms with Gasteiger partial charge in [0.1, 0.15) is 0 Å². The van der Waals surface area contributed by atoms with Crippen molar-refractivity contribution in [1.82, 2.24) is 0 Å². The van der Waals surface area contributed by atoms with Crippen molar-refractivity contribution in [1.29, 1.82) is 0 Å². The Morgan fingerprint density at radius 2 is 1.00 bits per heavy atom. The number of halogens is 12. The Balaban J connectivity index is 4.36. The number of nitrogens with two attached hydrogens (primary N) is 1. The maximum Gasteiger partial charge on any atom is 0.417 e. The smallest absolute Gasteiger partial charge is 0.324 e. The largest absolute Gasteiger partial charge is 0.417 e. The van der Waals surface area contributed by atoms with Gasteiger partial charge in [0, 0.05) is 6.04 Å². The summed E-state index contributed by atoms with van der Waals surface area (Å²) in [6.45, 7) is 2.02. The predicted octanol–water partition coefficient (Wildman–Crippen LogP) is 6.42. The van der Waals surface area contributed by atoms with Crippen LogP contribution in [0.3, 0.4) is 0 Å². The molecule has 1 nitrogen and oxygen atoms in total. The molecular weight excluding hydrogens is 410 g/mol. The molecule has 13 heteroatoms. The zero-order valence-corrected chi connectivity index (χ0v) is 13.3. The third-order valence-corrected chi connectivity index (χ3v) is 3.60. The molecule has 0 saturated heterocycles. The van der Waals surface area contributed by atoms with E-state index in [-0.39, 0.29) is 0 Å². The normalized spacial score (nSPS) is 15.4. The molecule has 1 aromatic rings. The first-order chi connectivity index (χ1) is 11.7. The third-order valence-electron chi connectivity index (χ3n) is 3.60. The van der Waals surface area contributed by atoms with E-state index in [2.05, 4.69) is 0 Å². The minimum atomic E-state index is -6.24. The number of benzene rings is 1. The van der Waals surface area contributed by atoms with Gasteiger partial charge >= 0.3 is 24.7 Å². The lowest BCUT2D eigenvalue weighted by atomic mass is 9.83. The molecule has 0 spiro atoms. The molecule has 27 heavy (non-hydrogen) atoms. The fourth-order valence-electron chi connectivity index (χ4n) is 2.42. The van der Waals surface area contributed by atoms with Crippen molar-refractivity contribution in [3.8, 4) is 0 Å². The molecule has 0 heterocycles. The van der Waals surface area contributed by atoms with Crippen molar-refractivity contribution in [2.45, 2.75) is 44.6 Å². The summed E-state index contributed by atoms with van der Waals surface area (Å²) >= 11 is 0. The summed E-state index contributed by atoms with van der Waals surface area (Å²) in [5.74, 6) is -1.25. The lowest BCUT2D eigenvalue weighted by Crippen LogP contribution is -2.31. The van der Waals surface area contributed by atoms with Gasteiger partial charge in [-0.2, -0.15) is 52.7 Å². The van der Waals surface area contributed by atoms with Gasteiger partial charge < -0.3 is 5.73 Å². The van der Waals surface area contributed by atoms with Crippen molar-refractivity contribution in [3.63, 3.8) is 0 Å². The van der Waals surface area contributed by atoms with Gasteiger partial charge in [-0.3, -0.25) is 0 Å². The van der Waals surface area contributed by atoms with Crippen molar-refractivity contribution in [3.05, 3.63) is 33.9 Å². The van der Waals surface area contributed by atoms with E-state index in [0.29, 0.717) is 0 Å². The van der Waals surface area contributed by atoms with E-state index in [0.717, 1.165) is 13.8 Å². The van der Waals surface area contributed by atoms with E-state index in [4.69, 9.17) is 5.73 Å². The molecule has 0 aromatic heterocycles. The lowest BCUT2D eigenvalue weighted by molar-refractivity contribution is -0.177. The molecule has 0 fully saturated rings. The van der Waals surface area contributed by atoms with Crippen molar-refractivity contribution in [2.24, 2.45) is 11.7 Å². The third kappa shape index (κ3) is 4.79. The standard InChI is InChI=1S/C14H11F12N/c1-4(2)10(27)7-5(11(15,16)17)3-6(12(18,19)20)8(13(21,22)23)9(7)14(24,25)26/h3-4,10H,27H2,1-2H3. The average Bonchev–Trinajstić information content (AvgIpc) is 2.39. The van der Waals surface area contributed by atoms with Gasteiger partial charge in [-0.05, 0) is 17.5 Å². The molecule has 0 aliphatic rings. The van der Waals surface area contributed by atoms with Crippen LogP contribution in [0.15, 0.2) is 6.07 Å². The van der Waals surface area contributed by atoms with Crippen molar-refractivity contribution < 1.29 is 52.7 Å². The average molecular weight is 421 g/mol. The van der Waals surface area contributed by atoms with Gasteiger partial charge in [0.15, 0.2) is 0 Å². The summed E-state index contributed by atoms with van der Waals surface area (Å²) in [5, 5.41) is 0. The van der Waals surface area contributed by atoms with Crippen LogP contribution in [0.25, 0.3) is 0 Å². The molecule has 2 N–H and O–H groups in total. The Labute approximate surface area is 144 Å². The zero-order chi connectivity index (χ0) is 21.7. The van der Waals surface area contributed by atoms with Gasteiger partial charge in [-0.25, -0.2) is 0 Å². The second-order valence-corrected chi connectivity index (χ2v) is 5.90. The van der Waals surface area contributed by atoms with E-state index in [1.54, 1.807) is 0 Å². The SMILES string of the molecule is CC(C)C(N)c1c(C(F)(F)F)cc(C(F)(F)F)c(C(F)(F)F)c1C(F)(F)F. The lowest BCUT2D eigenvalue weighted by Gasteiger charge is -2.30. The zero-order valence-electron chi connectivity index (χ0n) is 13.3. The van der Waals surface area contributed by atoms with Gasteiger partial charge in [0.25, 0.3) is 0 Å². The van der Waals surface area contributed by atoms with Crippen LogP contribution in [0, 0.1) is 5.92 Å². The predicted molar refractivity (Wildman–Crippen MR) is 68.2 cm³/mol. The fourth-order valence-corrected chi connectivity index (χ4v) is 2.42. The summed E-state index contributed by atoms with van der Waals surface area (Å²) in [6, 6.07) is -3.24. The highest BCUT2D eigenvalue weighted by Crippen LogP contribution is 2.52. The quantitative estimate of drug-likeness (QED) is 0.549. The maximum atomic E-state index is 13.3. The highest BCUT2D eigenvalue weighted by Gasteiger charge is 2.54. The summed E-state index contributed by atoms with van der Waals surface area (Å²) < 4.78 is 158. The first-order valence-electron chi connectivity index (χ1n) is 6.96. The number of alkyl halides is 12. The van der Waals surface area contributed by atoms with Crippen LogP contribution in [0.2, 0.25) is 0 Å². The molecule has 0 saturated carbocycles. The van der Waals surface area contributed by atoms with Crippen LogP contribution < -0.4 is 5.73 Å². The number of hydrogen-bond donors (Lipinski definition) is 1. The van der Waals surface area contributed by atoms with Gasteiger partial charge in [0.05, 0.1) is 22.3 Å². The van der Waals surface area contributed by atoms with Gasteiger partial charge in [0.2, 0.25) is 0 Å². The molecule has 1 atom stereocenters. The second kappa shape index (κ2) is 6.74. The Kier molecular flexibility index (Phi) is 5.84. The first-order valence-corrected chi connectivity index (χ1v) is 6.96. The second-order valence-electron chi connectivity index (χ2n) is 5.90. The molecule has 0 radical (unpaired) electrons. The number of rotatable bonds is 2. The van der Waals surface area contributed by atoms with Crippen LogP contribution in [-0.4, -0.2) is 0 Å². The van der Waals surface area contributed by atoms with E-state index in [1.165, 1.54) is 0 Å². The molecule has 0 amide bonds. The van der Waals surface area contributed by atoms with Crippen LogP contribution in [0.5, 0.6) is 0 Å². The van der Waals surface area contributed by atoms with Crippen LogP contribution in [0.4, 0.5) is 52.7 Å². The Morgan fingerprint density at radius 1 is 0.630 bits per heavy atom. The maximum absolute atomic E-state index is 13.3. The molecule has 0 bridgehead atoms. The van der Waals surface area contributed by atoms with Crippen LogP contribution >= 0.6 is 0 Å². The molecular formula is C14H11F12N. The van der Waals surface area contributed by atoms with E-state index in [9.17, 15) is 52.7 Å². The molecule has 1 unspecified atom stereocenters. The van der Waals surface area contributed by atoms with Crippen molar-refractivity contribution >= 4 is 0 Å². The molecule has 156 valence electrons. The van der Waals surface area contributed by atoms with Crippen LogP contribution in [0.1, 0.15) is 47.7 Å². The van der Waals surface area contributed by atoms with E-state index in [1.807, 2.05) is 0 Å². The minimum Gasteiger partial charge on any atom is -0.324 e. The Hall–Kier alpha value is -1.66. The molecule has 1 aromatic carbocycles. The summed E-state index contributed by atoms with van der Waals surface area (Å²) in [6.07, 6.45) is -24.4. The topological polar surface area (TPSA) is 26.0 Å². The highest BCUT2D eigenvalue weighted by atomic mass is 19.4. The summed E-state index contributed by atoms with van der Waals surface area (Å²) in [5.41, 5.74) is -8.76. The Bertz CT molecular complexity index is 691. The van der Waals surface area contributed by atoms with Crippen LogP contribution in [-0.2, 0) is 24.7 Å². The van der Waals surface area contributed by atoms with E-state index < -0.39 is 70.5 Å². The van der Waals surface area contributed by atoms with Gasteiger partial charge in [-0.15, -0.1) is 0 Å². The van der Waals surface area contributed by atoms with Gasteiger partial charge in [-0.1, -0.05) is 13.8 Å². The minimum absolute atomic E-state index is 0.977. The molecule has 0 aliphatic heterocycles. The molecule has 0 aliphatic carbocycles. The summed E-state index contributed by atoms with van der Waals surface area (Å²) in [7, 11) is 0. The number of hydrogen-bond acceptors (Lipinski definition) is 1. The fraction of sp³-hybridized carbons (Fsp3) is 0.571. The monoisotopic (exact) mass is 421 g/mol.